The number of hydrogen-bond acceptors (Lipinski definition) is 2. The molecule has 0 spiro atoms. The molecule has 1 heterocycles. The molecule has 3 aromatic carbocycles. The molecular formula is C23H18F2N2O2. The van der Waals surface area contributed by atoms with Crippen LogP contribution in [-0.4, -0.2) is 18.4 Å². The highest BCUT2D eigenvalue weighted by Crippen LogP contribution is 2.28. The van der Waals surface area contributed by atoms with Crippen molar-refractivity contribution in [2.24, 2.45) is 0 Å². The molecule has 1 aliphatic heterocycles. The van der Waals surface area contributed by atoms with Crippen molar-refractivity contribution in [3.63, 3.8) is 0 Å². The van der Waals surface area contributed by atoms with Crippen molar-refractivity contribution in [2.45, 2.75) is 12.8 Å². The van der Waals surface area contributed by atoms with Crippen LogP contribution in [0.15, 0.2) is 66.7 Å². The maximum atomic E-state index is 13.7. The molecule has 0 saturated carbocycles. The van der Waals surface area contributed by atoms with Crippen LogP contribution in [0.3, 0.4) is 0 Å². The standard InChI is InChI=1S/C23H18F2N2O2/c24-18-7-3-8-19(25)21(18)26-22(28)16-10-12-17(13-11-16)23(29)27-14-4-6-15-5-1-2-9-20(15)27/h1-3,5,7-13H,4,6,14H2,(H,26,28). The van der Waals surface area contributed by atoms with Gasteiger partial charge in [-0.3, -0.25) is 9.59 Å². The fourth-order valence-electron chi connectivity index (χ4n) is 3.47. The van der Waals surface area contributed by atoms with E-state index in [9.17, 15) is 18.4 Å². The van der Waals surface area contributed by atoms with Crippen LogP contribution in [0, 0.1) is 11.6 Å². The number of nitrogens with one attached hydrogen (secondary N) is 1. The van der Waals surface area contributed by atoms with Gasteiger partial charge in [0.2, 0.25) is 0 Å². The predicted molar refractivity (Wildman–Crippen MR) is 107 cm³/mol. The van der Waals surface area contributed by atoms with Gasteiger partial charge in [0, 0.05) is 23.4 Å². The maximum absolute atomic E-state index is 13.7. The normalized spacial score (nSPS) is 13.0. The van der Waals surface area contributed by atoms with Crippen molar-refractivity contribution in [2.75, 3.05) is 16.8 Å². The average molecular weight is 392 g/mol. The number of benzene rings is 3. The molecule has 2 amide bonds. The Hall–Kier alpha value is -3.54. The number of amides is 2. The summed E-state index contributed by atoms with van der Waals surface area (Å²) in [4.78, 5) is 27.0. The van der Waals surface area contributed by atoms with Crippen molar-refractivity contribution >= 4 is 23.2 Å². The van der Waals surface area contributed by atoms with E-state index >= 15 is 0 Å². The van der Waals surface area contributed by atoms with E-state index in [0.29, 0.717) is 12.1 Å². The summed E-state index contributed by atoms with van der Waals surface area (Å²) >= 11 is 0. The smallest absolute Gasteiger partial charge is 0.258 e. The molecule has 0 atom stereocenters. The van der Waals surface area contributed by atoms with E-state index < -0.39 is 23.2 Å². The second kappa shape index (κ2) is 7.83. The van der Waals surface area contributed by atoms with Gasteiger partial charge in [0.25, 0.3) is 11.8 Å². The van der Waals surface area contributed by atoms with Crippen LogP contribution in [0.2, 0.25) is 0 Å². The minimum Gasteiger partial charge on any atom is -0.317 e. The Bertz CT molecular complexity index is 1060. The van der Waals surface area contributed by atoms with Gasteiger partial charge in [-0.05, 0) is 60.9 Å². The summed E-state index contributed by atoms with van der Waals surface area (Å²) in [5.41, 5.74) is 2.18. The number of fused-ring (bicyclic) bond motifs is 1. The third-order valence-electron chi connectivity index (χ3n) is 4.95. The number of halogens is 2. The highest BCUT2D eigenvalue weighted by Gasteiger charge is 2.23. The van der Waals surface area contributed by atoms with E-state index in [1.54, 1.807) is 17.0 Å². The van der Waals surface area contributed by atoms with Gasteiger partial charge in [-0.2, -0.15) is 0 Å². The van der Waals surface area contributed by atoms with Crippen LogP contribution in [0.25, 0.3) is 0 Å². The molecule has 4 rings (SSSR count). The highest BCUT2D eigenvalue weighted by atomic mass is 19.1. The largest absolute Gasteiger partial charge is 0.317 e. The fraction of sp³-hybridized carbons (Fsp3) is 0.130. The minimum absolute atomic E-state index is 0.149. The van der Waals surface area contributed by atoms with E-state index in [-0.39, 0.29) is 11.5 Å². The monoisotopic (exact) mass is 392 g/mol. The second-order valence-electron chi connectivity index (χ2n) is 6.82. The lowest BCUT2D eigenvalue weighted by Gasteiger charge is -2.29. The van der Waals surface area contributed by atoms with Crippen LogP contribution in [0.5, 0.6) is 0 Å². The van der Waals surface area contributed by atoms with Crippen molar-refractivity contribution in [1.29, 1.82) is 0 Å². The summed E-state index contributed by atoms with van der Waals surface area (Å²) in [7, 11) is 0. The number of rotatable bonds is 3. The van der Waals surface area contributed by atoms with E-state index in [1.165, 1.54) is 18.2 Å². The number of nitrogens with zero attached hydrogens (tertiary/aromatic N) is 1. The molecule has 3 aromatic rings. The van der Waals surface area contributed by atoms with Crippen molar-refractivity contribution in [3.8, 4) is 0 Å². The topological polar surface area (TPSA) is 49.4 Å². The Morgan fingerprint density at radius 1 is 0.828 bits per heavy atom. The van der Waals surface area contributed by atoms with Crippen molar-refractivity contribution in [3.05, 3.63) is 95.1 Å². The summed E-state index contributed by atoms with van der Waals surface area (Å²) in [6, 6.07) is 17.2. The van der Waals surface area contributed by atoms with Gasteiger partial charge in [0.15, 0.2) is 0 Å². The van der Waals surface area contributed by atoms with Gasteiger partial charge in [0.05, 0.1) is 0 Å². The molecule has 29 heavy (non-hydrogen) atoms. The molecule has 1 aliphatic rings. The number of anilines is 2. The summed E-state index contributed by atoms with van der Waals surface area (Å²) in [6.07, 6.45) is 1.82. The molecule has 0 bridgehead atoms. The van der Waals surface area contributed by atoms with Crippen LogP contribution in [0.1, 0.15) is 32.7 Å². The Balaban J connectivity index is 1.52. The lowest BCUT2D eigenvalue weighted by atomic mass is 10.0. The van der Waals surface area contributed by atoms with Gasteiger partial charge >= 0.3 is 0 Å². The zero-order valence-corrected chi connectivity index (χ0v) is 15.5. The van der Waals surface area contributed by atoms with Crippen LogP contribution >= 0.6 is 0 Å². The molecule has 6 heteroatoms. The first kappa shape index (κ1) is 18.8. The highest BCUT2D eigenvalue weighted by molar-refractivity contribution is 6.08. The third-order valence-corrected chi connectivity index (χ3v) is 4.95. The van der Waals surface area contributed by atoms with E-state index in [2.05, 4.69) is 5.32 Å². The summed E-state index contributed by atoms with van der Waals surface area (Å²) in [6.45, 7) is 0.630. The van der Waals surface area contributed by atoms with Gasteiger partial charge in [-0.1, -0.05) is 24.3 Å². The van der Waals surface area contributed by atoms with Gasteiger partial charge in [-0.15, -0.1) is 0 Å². The number of para-hydroxylation sites is 2. The molecule has 0 aliphatic carbocycles. The summed E-state index contributed by atoms with van der Waals surface area (Å²) in [5.74, 6) is -2.51. The summed E-state index contributed by atoms with van der Waals surface area (Å²) < 4.78 is 27.4. The quantitative estimate of drug-likeness (QED) is 0.695. The van der Waals surface area contributed by atoms with Crippen molar-refractivity contribution in [1.82, 2.24) is 0 Å². The van der Waals surface area contributed by atoms with Crippen molar-refractivity contribution < 1.29 is 18.4 Å². The molecule has 0 aromatic heterocycles. The molecule has 0 radical (unpaired) electrons. The zero-order valence-electron chi connectivity index (χ0n) is 15.5. The molecule has 0 saturated heterocycles. The van der Waals surface area contributed by atoms with Crippen LogP contribution in [0.4, 0.5) is 20.2 Å². The lowest BCUT2D eigenvalue weighted by Crippen LogP contribution is -2.35. The molecule has 0 unspecified atom stereocenters. The molecule has 0 fully saturated rings. The molecule has 1 N–H and O–H groups in total. The van der Waals surface area contributed by atoms with Gasteiger partial charge in [0.1, 0.15) is 17.3 Å². The molecular weight excluding hydrogens is 374 g/mol. The van der Waals surface area contributed by atoms with E-state index in [1.807, 2.05) is 24.3 Å². The predicted octanol–water partition coefficient (Wildman–Crippen LogP) is 4.81. The number of carbonyl (C=O) groups excluding carboxylic acids is 2. The first-order valence-electron chi connectivity index (χ1n) is 9.30. The Kier molecular flexibility index (Phi) is 5.08. The zero-order chi connectivity index (χ0) is 20.4. The van der Waals surface area contributed by atoms with Gasteiger partial charge < -0.3 is 10.2 Å². The third kappa shape index (κ3) is 3.74. The minimum atomic E-state index is -0.853. The SMILES string of the molecule is O=C(Nc1c(F)cccc1F)c1ccc(C(=O)N2CCCc3ccccc32)cc1. The van der Waals surface area contributed by atoms with Crippen LogP contribution < -0.4 is 10.2 Å². The number of aryl methyl sites for hydroxylation is 1. The fourth-order valence-corrected chi connectivity index (χ4v) is 3.47. The average Bonchev–Trinajstić information content (AvgIpc) is 2.75. The van der Waals surface area contributed by atoms with Gasteiger partial charge in [-0.25, -0.2) is 8.78 Å². The number of carbonyl (C=O) groups is 2. The Labute approximate surface area is 166 Å². The first-order chi connectivity index (χ1) is 14.0. The van der Waals surface area contributed by atoms with Crippen LogP contribution in [-0.2, 0) is 6.42 Å². The second-order valence-corrected chi connectivity index (χ2v) is 6.82. The lowest BCUT2D eigenvalue weighted by molar-refractivity contribution is 0.0982. The molecule has 4 nitrogen and oxygen atoms in total. The van der Waals surface area contributed by atoms with E-state index in [4.69, 9.17) is 0 Å². The summed E-state index contributed by atoms with van der Waals surface area (Å²) in [5, 5.41) is 2.24. The maximum Gasteiger partial charge on any atom is 0.258 e. The Morgan fingerprint density at radius 2 is 1.48 bits per heavy atom. The molecule has 146 valence electrons. The Morgan fingerprint density at radius 3 is 2.21 bits per heavy atom. The number of hydrogen-bond donors (Lipinski definition) is 1. The van der Waals surface area contributed by atoms with E-state index in [0.717, 1.165) is 36.2 Å². The first-order valence-corrected chi connectivity index (χ1v) is 9.30.